The van der Waals surface area contributed by atoms with Crippen LogP contribution in [-0.2, 0) is 4.74 Å². The van der Waals surface area contributed by atoms with Crippen molar-refractivity contribution in [1.82, 2.24) is 14.8 Å². The van der Waals surface area contributed by atoms with Crippen LogP contribution < -0.4 is 0 Å². The minimum atomic E-state index is -0.416. The molecule has 0 spiro atoms. The molecule has 2 heterocycles. The van der Waals surface area contributed by atoms with E-state index in [4.69, 9.17) is 32.9 Å². The van der Waals surface area contributed by atoms with Crippen LogP contribution in [0.3, 0.4) is 0 Å². The van der Waals surface area contributed by atoms with Gasteiger partial charge in [-0.1, -0.05) is 68.3 Å². The fraction of sp³-hybridized carbons (Fsp3) is 0.381. The second-order valence-electron chi connectivity index (χ2n) is 7.17. The van der Waals surface area contributed by atoms with Gasteiger partial charge in [0.1, 0.15) is 0 Å². The number of hydrogen-bond donors (Lipinski definition) is 0. The predicted molar refractivity (Wildman–Crippen MR) is 126 cm³/mol. The summed E-state index contributed by atoms with van der Waals surface area (Å²) in [5.41, 5.74) is 2.84. The molecule has 0 fully saturated rings. The number of ether oxygens (including phenoxy) is 1. The van der Waals surface area contributed by atoms with E-state index in [9.17, 15) is 4.79 Å². The van der Waals surface area contributed by atoms with Crippen LogP contribution in [-0.4, -0.2) is 32.6 Å². The Morgan fingerprint density at radius 3 is 2.53 bits per heavy atom. The standard InChI is InChI=1S/C21H23Cl2N3O2S2/c1-6-28-19(27)17-10-16(11(2)3)25-26(17)21-24-18(20(30-21)29-12(4)5)13-7-8-14(22)15(23)9-13/h7-12H,6H2,1-5H3. The summed E-state index contributed by atoms with van der Waals surface area (Å²) in [7, 11) is 0. The Morgan fingerprint density at radius 1 is 1.20 bits per heavy atom. The van der Waals surface area contributed by atoms with Crippen molar-refractivity contribution >= 4 is 52.3 Å². The molecule has 0 saturated heterocycles. The number of aromatic nitrogens is 3. The normalized spacial score (nSPS) is 11.5. The molecule has 0 amide bonds. The average Bonchev–Trinajstić information content (AvgIpc) is 3.28. The van der Waals surface area contributed by atoms with Crippen molar-refractivity contribution in [2.45, 2.75) is 50.0 Å². The van der Waals surface area contributed by atoms with Gasteiger partial charge in [-0.2, -0.15) is 9.78 Å². The molecule has 5 nitrogen and oxygen atoms in total. The van der Waals surface area contributed by atoms with Crippen LogP contribution in [0, 0.1) is 0 Å². The molecule has 3 rings (SSSR count). The molecule has 1 aromatic carbocycles. The molecule has 2 aromatic heterocycles. The van der Waals surface area contributed by atoms with Gasteiger partial charge in [0.05, 0.1) is 32.2 Å². The lowest BCUT2D eigenvalue weighted by molar-refractivity contribution is 0.0515. The third kappa shape index (κ3) is 5.02. The highest BCUT2D eigenvalue weighted by Gasteiger charge is 2.24. The Kier molecular flexibility index (Phi) is 7.50. The number of nitrogens with zero attached hydrogens (tertiary/aromatic N) is 3. The fourth-order valence-corrected chi connectivity index (χ4v) is 5.47. The maximum atomic E-state index is 12.6. The molecule has 0 saturated carbocycles. The average molecular weight is 484 g/mol. The van der Waals surface area contributed by atoms with Crippen molar-refractivity contribution in [3.8, 4) is 16.4 Å². The van der Waals surface area contributed by atoms with Crippen molar-refractivity contribution < 1.29 is 9.53 Å². The first-order chi connectivity index (χ1) is 14.2. The molecule has 0 N–H and O–H groups in total. The van der Waals surface area contributed by atoms with Gasteiger partial charge >= 0.3 is 5.97 Å². The molecule has 0 aliphatic heterocycles. The summed E-state index contributed by atoms with van der Waals surface area (Å²) in [6.07, 6.45) is 0. The predicted octanol–water partition coefficient (Wildman–Crippen LogP) is 7.10. The van der Waals surface area contributed by atoms with Crippen LogP contribution in [0.2, 0.25) is 10.0 Å². The summed E-state index contributed by atoms with van der Waals surface area (Å²) < 4.78 is 7.85. The number of benzene rings is 1. The summed E-state index contributed by atoms with van der Waals surface area (Å²) in [5.74, 6) is -0.250. The quantitative estimate of drug-likeness (QED) is 0.264. The van der Waals surface area contributed by atoms with Crippen LogP contribution in [0.15, 0.2) is 28.5 Å². The number of carbonyl (C=O) groups excluding carboxylic acids is 1. The van der Waals surface area contributed by atoms with E-state index in [0.29, 0.717) is 32.7 Å². The Bertz CT molecular complexity index is 1060. The first kappa shape index (κ1) is 23.1. The summed E-state index contributed by atoms with van der Waals surface area (Å²) >= 11 is 15.5. The summed E-state index contributed by atoms with van der Waals surface area (Å²) in [6, 6.07) is 7.24. The number of thioether (sulfide) groups is 1. The molecular formula is C21H23Cl2N3O2S2. The minimum absolute atomic E-state index is 0.165. The van der Waals surface area contributed by atoms with E-state index in [2.05, 4.69) is 18.9 Å². The zero-order chi connectivity index (χ0) is 22.0. The highest BCUT2D eigenvalue weighted by Crippen LogP contribution is 2.41. The van der Waals surface area contributed by atoms with Crippen LogP contribution in [0.1, 0.15) is 56.7 Å². The summed E-state index contributed by atoms with van der Waals surface area (Å²) in [4.78, 5) is 17.4. The molecule has 0 radical (unpaired) electrons. The molecule has 3 aromatic rings. The number of esters is 1. The van der Waals surface area contributed by atoms with E-state index in [1.54, 1.807) is 35.5 Å². The lowest BCUT2D eigenvalue weighted by Gasteiger charge is -2.05. The van der Waals surface area contributed by atoms with Gasteiger partial charge in [-0.25, -0.2) is 9.78 Å². The van der Waals surface area contributed by atoms with Crippen molar-refractivity contribution in [2.24, 2.45) is 0 Å². The van der Waals surface area contributed by atoms with Crippen LogP contribution in [0.4, 0.5) is 0 Å². The molecule has 0 unspecified atom stereocenters. The molecule has 160 valence electrons. The van der Waals surface area contributed by atoms with Gasteiger partial charge in [-0.3, -0.25) is 0 Å². The van der Waals surface area contributed by atoms with Gasteiger partial charge in [0, 0.05) is 10.8 Å². The Balaban J connectivity index is 2.16. The van der Waals surface area contributed by atoms with Crippen LogP contribution in [0.5, 0.6) is 0 Å². The highest BCUT2D eigenvalue weighted by atomic mass is 35.5. The number of rotatable bonds is 7. The fourth-order valence-electron chi connectivity index (χ4n) is 2.68. The van der Waals surface area contributed by atoms with Gasteiger partial charge in [-0.05, 0) is 31.0 Å². The number of thiazole rings is 1. The monoisotopic (exact) mass is 483 g/mol. The Labute approximate surface area is 194 Å². The lowest BCUT2D eigenvalue weighted by Crippen LogP contribution is -2.11. The van der Waals surface area contributed by atoms with Crippen molar-refractivity contribution in [3.05, 3.63) is 45.7 Å². The molecule has 9 heteroatoms. The Hall–Kier alpha value is -1.54. The zero-order valence-electron chi connectivity index (χ0n) is 17.4. The second kappa shape index (κ2) is 9.73. The number of halogens is 2. The SMILES string of the molecule is CCOC(=O)c1cc(C(C)C)nn1-c1nc(-c2ccc(Cl)c(Cl)c2)c(SC(C)C)s1. The van der Waals surface area contributed by atoms with E-state index in [0.717, 1.165) is 21.2 Å². The third-order valence-electron chi connectivity index (χ3n) is 4.11. The topological polar surface area (TPSA) is 57.0 Å². The van der Waals surface area contributed by atoms with Gasteiger partial charge in [0.15, 0.2) is 5.69 Å². The van der Waals surface area contributed by atoms with E-state index >= 15 is 0 Å². The molecule has 0 atom stereocenters. The highest BCUT2D eigenvalue weighted by molar-refractivity contribution is 8.01. The molecule has 30 heavy (non-hydrogen) atoms. The van der Waals surface area contributed by atoms with Gasteiger partial charge in [0.25, 0.3) is 0 Å². The van der Waals surface area contributed by atoms with Gasteiger partial charge in [-0.15, -0.1) is 11.8 Å². The number of carbonyl (C=O) groups is 1. The third-order valence-corrected chi connectivity index (χ3v) is 7.09. The lowest BCUT2D eigenvalue weighted by atomic mass is 10.1. The smallest absolute Gasteiger partial charge is 0.357 e. The van der Waals surface area contributed by atoms with Crippen LogP contribution in [0.25, 0.3) is 16.4 Å². The minimum Gasteiger partial charge on any atom is -0.461 e. The van der Waals surface area contributed by atoms with Gasteiger partial charge < -0.3 is 4.74 Å². The van der Waals surface area contributed by atoms with Crippen LogP contribution >= 0.6 is 46.3 Å². The zero-order valence-corrected chi connectivity index (χ0v) is 20.5. The maximum absolute atomic E-state index is 12.6. The van der Waals surface area contributed by atoms with Gasteiger partial charge in [0.2, 0.25) is 5.13 Å². The molecule has 0 aliphatic rings. The molecule has 0 bridgehead atoms. The van der Waals surface area contributed by atoms with Crippen molar-refractivity contribution in [2.75, 3.05) is 6.61 Å². The molecular weight excluding hydrogens is 461 g/mol. The van der Waals surface area contributed by atoms with E-state index in [1.807, 2.05) is 26.0 Å². The first-order valence-corrected chi connectivity index (χ1v) is 12.1. The van der Waals surface area contributed by atoms with E-state index in [-0.39, 0.29) is 5.92 Å². The molecule has 0 aliphatic carbocycles. The largest absolute Gasteiger partial charge is 0.461 e. The van der Waals surface area contributed by atoms with Crippen molar-refractivity contribution in [3.63, 3.8) is 0 Å². The number of hydrogen-bond acceptors (Lipinski definition) is 6. The maximum Gasteiger partial charge on any atom is 0.357 e. The van der Waals surface area contributed by atoms with E-state index < -0.39 is 5.97 Å². The summed E-state index contributed by atoms with van der Waals surface area (Å²) in [6.45, 7) is 10.4. The summed E-state index contributed by atoms with van der Waals surface area (Å²) in [5, 5.41) is 6.57. The van der Waals surface area contributed by atoms with E-state index in [1.165, 1.54) is 11.3 Å². The Morgan fingerprint density at radius 2 is 1.93 bits per heavy atom. The van der Waals surface area contributed by atoms with Crippen molar-refractivity contribution in [1.29, 1.82) is 0 Å². The first-order valence-electron chi connectivity index (χ1n) is 9.61. The second-order valence-corrected chi connectivity index (χ2v) is 10.8.